The first-order valence-corrected chi connectivity index (χ1v) is 28.3. The first-order chi connectivity index (χ1) is 43.4. The van der Waals surface area contributed by atoms with Crippen molar-refractivity contribution >= 4 is 56.2 Å². The van der Waals surface area contributed by atoms with Gasteiger partial charge in [0.15, 0.2) is 11.6 Å². The summed E-state index contributed by atoms with van der Waals surface area (Å²) in [6.45, 7) is 5.06. The third-order valence-electron chi connectivity index (χ3n) is 15.8. The Kier molecular flexibility index (Phi) is 17.3. The highest BCUT2D eigenvalue weighted by atomic mass is 19.4. The van der Waals surface area contributed by atoms with Gasteiger partial charge >= 0.3 is 30.9 Å². The summed E-state index contributed by atoms with van der Waals surface area (Å²) in [6.07, 6.45) is -22.2. The Hall–Kier alpha value is -9.84. The zero-order chi connectivity index (χ0) is 66.5. The van der Waals surface area contributed by atoms with Gasteiger partial charge in [0.05, 0.1) is 22.3 Å². The number of ketones is 2. The van der Waals surface area contributed by atoms with E-state index < -0.39 is 115 Å². The Labute approximate surface area is 516 Å². The van der Waals surface area contributed by atoms with Crippen molar-refractivity contribution in [1.82, 2.24) is 0 Å². The van der Waals surface area contributed by atoms with Gasteiger partial charge in [-0.15, -0.1) is 0 Å². The van der Waals surface area contributed by atoms with E-state index in [0.717, 1.165) is 85.8 Å². The number of carbonyl (C=O) groups is 2. The fourth-order valence-electron chi connectivity index (χ4n) is 11.8. The van der Waals surface area contributed by atoms with Crippen LogP contribution in [0.15, 0.2) is 242 Å². The molecule has 2 nitrogen and oxygen atoms in total. The molecule has 0 aromatic heterocycles. The monoisotopic (exact) mass is 1270 g/mol. The molecule has 0 spiro atoms. The Bertz CT molecular complexity index is 4060. The van der Waals surface area contributed by atoms with Gasteiger partial charge in [-0.25, -0.2) is 4.39 Å². The Morgan fingerprint density at radius 1 is 0.304 bits per heavy atom. The number of carbonyl (C=O) groups excluding carboxylic acids is 2. The molecule has 1 atom stereocenters. The molecule has 0 amide bonds. The molecule has 92 heavy (non-hydrogen) atoms. The van der Waals surface area contributed by atoms with Crippen LogP contribution < -0.4 is 0 Å². The van der Waals surface area contributed by atoms with Gasteiger partial charge in [0.2, 0.25) is 0 Å². The molecule has 3 aliphatic rings. The second-order valence-corrected chi connectivity index (χ2v) is 21.6. The van der Waals surface area contributed by atoms with Crippen LogP contribution in [0.4, 0.5) is 70.2 Å². The van der Waals surface area contributed by atoms with Crippen LogP contribution in [0.25, 0.3) is 44.6 Å². The van der Waals surface area contributed by atoms with E-state index in [9.17, 15) is 52.7 Å². The number of halogens is 16. The third-order valence-corrected chi connectivity index (χ3v) is 15.8. The van der Waals surface area contributed by atoms with E-state index in [1.54, 1.807) is 24.3 Å². The molecule has 0 heterocycles. The van der Waals surface area contributed by atoms with Gasteiger partial charge in [-0.05, 0) is 117 Å². The number of allylic oxidation sites excluding steroid dienone is 14. The summed E-state index contributed by atoms with van der Waals surface area (Å²) in [6, 6.07) is 39.5. The van der Waals surface area contributed by atoms with Crippen LogP contribution in [0.2, 0.25) is 0 Å². The largest absolute Gasteiger partial charge is 0.416 e. The van der Waals surface area contributed by atoms with E-state index >= 15 is 27.2 Å². The van der Waals surface area contributed by atoms with Gasteiger partial charge in [-0.2, -0.15) is 65.9 Å². The maximum atomic E-state index is 17.2. The van der Waals surface area contributed by atoms with Crippen LogP contribution in [-0.2, 0) is 39.7 Å². The van der Waals surface area contributed by atoms with Gasteiger partial charge in [0, 0.05) is 44.6 Å². The second kappa shape index (κ2) is 24.4. The lowest BCUT2D eigenvalue weighted by Gasteiger charge is -2.38. The molecule has 18 heteroatoms. The third kappa shape index (κ3) is 12.3. The molecule has 11 rings (SSSR count). The lowest BCUT2D eigenvalue weighted by atomic mass is 9.67. The number of benzene rings is 8. The maximum Gasteiger partial charge on any atom is 0.416 e. The Morgan fingerprint density at radius 3 is 0.826 bits per heavy atom. The predicted molar refractivity (Wildman–Crippen MR) is 323 cm³/mol. The van der Waals surface area contributed by atoms with E-state index in [4.69, 9.17) is 0 Å². The molecule has 0 fully saturated rings. The number of rotatable bonds is 11. The summed E-state index contributed by atoms with van der Waals surface area (Å²) in [5.41, 5.74) is -18.4. The summed E-state index contributed by atoms with van der Waals surface area (Å²) in [5.74, 6) is -1.71. The SMILES string of the molecule is CC.CC1(F)C=CC=C(C(c2ccc(C3=C(c4ccccc4)C(=O)C(c4ccccc4)=C3c3cc(C(F)(F)F)cc(C(F)(F)F)c3)cc2)(c2ccc(C3=C(c4ccccc4)C(=O)C(c4ccccc4)=C3c3cc(C(F)(F)F)cc(C(F)(F)F)c3)cc2)C(F)(F)F)C=C1. The molecule has 1 unspecified atom stereocenters. The van der Waals surface area contributed by atoms with E-state index in [2.05, 4.69) is 0 Å². The number of alkyl halides is 16. The topological polar surface area (TPSA) is 34.1 Å². The summed E-state index contributed by atoms with van der Waals surface area (Å²) >= 11 is 0. The average Bonchev–Trinajstić information content (AvgIpc) is 1.35. The Morgan fingerprint density at radius 2 is 0.565 bits per heavy atom. The van der Waals surface area contributed by atoms with Crippen LogP contribution >= 0.6 is 0 Å². The number of Topliss-reactive ketones (excluding diaryl/α,β-unsaturated/α-hetero) is 2. The molecule has 3 aliphatic carbocycles. The summed E-state index contributed by atoms with van der Waals surface area (Å²) < 4.78 is 244. The van der Waals surface area contributed by atoms with Crippen LogP contribution in [0.5, 0.6) is 0 Å². The molecule has 0 saturated heterocycles. The molecule has 0 bridgehead atoms. The van der Waals surface area contributed by atoms with Crippen molar-refractivity contribution in [2.75, 3.05) is 0 Å². The van der Waals surface area contributed by atoms with Crippen molar-refractivity contribution < 1.29 is 79.8 Å². The van der Waals surface area contributed by atoms with E-state index in [-0.39, 0.29) is 79.0 Å². The van der Waals surface area contributed by atoms with Crippen molar-refractivity contribution in [3.8, 4) is 0 Å². The predicted octanol–water partition coefficient (Wildman–Crippen LogP) is 21.6. The molecule has 8 aromatic rings. The van der Waals surface area contributed by atoms with Crippen molar-refractivity contribution in [3.63, 3.8) is 0 Å². The van der Waals surface area contributed by atoms with Gasteiger partial charge in [0.25, 0.3) is 0 Å². The minimum atomic E-state index is -5.47. The molecule has 0 saturated carbocycles. The molecular formula is C74H48F16O2. The molecule has 8 aromatic carbocycles. The molecule has 468 valence electrons. The Balaban J connectivity index is 0.00000459. The lowest BCUT2D eigenvalue weighted by molar-refractivity contribution is -0.166. The average molecular weight is 1270 g/mol. The minimum absolute atomic E-state index is 0.0662. The first-order valence-electron chi connectivity index (χ1n) is 28.3. The number of hydrogen-bond donors (Lipinski definition) is 0. The maximum absolute atomic E-state index is 17.2. The quantitative estimate of drug-likeness (QED) is 0.121. The smallest absolute Gasteiger partial charge is 0.289 e. The molecule has 0 N–H and O–H groups in total. The minimum Gasteiger partial charge on any atom is -0.289 e. The van der Waals surface area contributed by atoms with Crippen LogP contribution in [-0.4, -0.2) is 23.4 Å². The highest BCUT2D eigenvalue weighted by molar-refractivity contribution is 6.60. The van der Waals surface area contributed by atoms with Gasteiger partial charge in [-0.1, -0.05) is 202 Å². The van der Waals surface area contributed by atoms with Crippen molar-refractivity contribution in [3.05, 3.63) is 320 Å². The molecular weight excluding hydrogens is 1220 g/mol. The highest BCUT2D eigenvalue weighted by Gasteiger charge is 2.59. The fraction of sp³-hybridized carbons (Fsp3) is 0.135. The van der Waals surface area contributed by atoms with Crippen molar-refractivity contribution in [2.24, 2.45) is 0 Å². The summed E-state index contributed by atoms with van der Waals surface area (Å²) in [4.78, 5) is 30.3. The van der Waals surface area contributed by atoms with Gasteiger partial charge < -0.3 is 0 Å². The van der Waals surface area contributed by atoms with Crippen LogP contribution in [0, 0.1) is 0 Å². The lowest BCUT2D eigenvalue weighted by Crippen LogP contribution is -2.45. The van der Waals surface area contributed by atoms with Gasteiger partial charge in [-0.3, -0.25) is 9.59 Å². The fourth-order valence-corrected chi connectivity index (χ4v) is 11.8. The summed E-state index contributed by atoms with van der Waals surface area (Å²) in [5, 5.41) is 0. The first kappa shape index (κ1) is 65.1. The van der Waals surface area contributed by atoms with E-state index in [1.165, 1.54) is 97.1 Å². The van der Waals surface area contributed by atoms with Crippen LogP contribution in [0.1, 0.15) is 98.7 Å². The van der Waals surface area contributed by atoms with E-state index in [1.807, 2.05) is 13.8 Å². The zero-order valence-corrected chi connectivity index (χ0v) is 48.4. The zero-order valence-electron chi connectivity index (χ0n) is 48.4. The van der Waals surface area contributed by atoms with Gasteiger partial charge in [0.1, 0.15) is 11.1 Å². The van der Waals surface area contributed by atoms with E-state index in [0.29, 0.717) is 24.3 Å². The second-order valence-electron chi connectivity index (χ2n) is 21.6. The van der Waals surface area contributed by atoms with Crippen LogP contribution in [0.3, 0.4) is 0 Å². The highest BCUT2D eigenvalue weighted by Crippen LogP contribution is 2.57. The molecule has 0 aliphatic heterocycles. The van der Waals surface area contributed by atoms with Crippen molar-refractivity contribution in [2.45, 2.75) is 62.7 Å². The van der Waals surface area contributed by atoms with Crippen molar-refractivity contribution in [1.29, 1.82) is 0 Å². The summed E-state index contributed by atoms with van der Waals surface area (Å²) in [7, 11) is 0. The standard InChI is InChI=1S/C72H42F16O2.C2H6/c1-66(73)33-14-23-49(32-34-66)67(72(86,87)88,50-28-24-45(25-29-50)56-58(47-35-52(68(74,75)76)39-53(36-47)69(77,78)79)62(43-19-10-4-11-20-43)64(89)60(56)41-15-6-2-7-16-41)51-30-26-46(27-31-51)57-59(48-37-54(70(80,81)82)40-55(38-48)71(83,84)85)63(44-21-12-5-13-22-44)65(90)61(57)42-17-8-3-9-18-42;1-2/h2-40H,1H3;1-2H3. The molecule has 0 radical (unpaired) electrons. The normalized spacial score (nSPS) is 16.8. The number of hydrogen-bond acceptors (Lipinski definition) is 2.